The fourth-order valence-corrected chi connectivity index (χ4v) is 4.30. The van der Waals surface area contributed by atoms with Crippen LogP contribution >= 0.6 is 12.6 Å². The van der Waals surface area contributed by atoms with Crippen molar-refractivity contribution in [3.63, 3.8) is 0 Å². The molecule has 2 heterocycles. The number of likely N-dealkylation sites (N-methyl/N-ethyl adjacent to an activating group) is 1. The monoisotopic (exact) mass is 377 g/mol. The van der Waals surface area contributed by atoms with Crippen LogP contribution in [0.1, 0.15) is 26.2 Å². The smallest absolute Gasteiger partial charge is 0.119 e. The highest BCUT2D eigenvalue weighted by Gasteiger charge is 2.24. The molecule has 2 fully saturated rings. The number of nitrogens with zero attached hydrogens (tertiary/aromatic N) is 3. The van der Waals surface area contributed by atoms with E-state index in [-0.39, 0.29) is 0 Å². The van der Waals surface area contributed by atoms with E-state index in [1.165, 1.54) is 25.1 Å². The van der Waals surface area contributed by atoms with E-state index in [4.69, 9.17) is 4.74 Å². The number of anilines is 1. The SMILES string of the molecule is CC1CCC(CS)CN1CCCOc1ccc(N2CCN(C)CC2)cc1. The average molecular weight is 378 g/mol. The summed E-state index contributed by atoms with van der Waals surface area (Å²) in [6.07, 6.45) is 3.72. The Balaban J connectivity index is 1.38. The normalized spacial score (nSPS) is 25.4. The molecule has 0 N–H and O–H groups in total. The zero-order valence-electron chi connectivity index (χ0n) is 16.4. The van der Waals surface area contributed by atoms with Crippen molar-refractivity contribution < 1.29 is 4.74 Å². The molecule has 5 heteroatoms. The number of piperazine rings is 1. The van der Waals surface area contributed by atoms with Gasteiger partial charge in [0, 0.05) is 51.0 Å². The lowest BCUT2D eigenvalue weighted by atomic mass is 9.95. The molecule has 146 valence electrons. The van der Waals surface area contributed by atoms with Crippen LogP contribution in [0, 0.1) is 5.92 Å². The molecule has 0 aromatic heterocycles. The van der Waals surface area contributed by atoms with Gasteiger partial charge in [-0.3, -0.25) is 0 Å². The lowest BCUT2D eigenvalue weighted by molar-refractivity contribution is 0.118. The highest BCUT2D eigenvalue weighted by molar-refractivity contribution is 7.80. The Labute approximate surface area is 164 Å². The molecule has 4 nitrogen and oxygen atoms in total. The lowest BCUT2D eigenvalue weighted by Gasteiger charge is -2.37. The standard InChI is InChI=1S/C21H35N3OS/c1-18-4-5-19(17-26)16-24(18)10-3-15-25-21-8-6-20(7-9-21)23-13-11-22(2)12-14-23/h6-9,18-19,26H,3-5,10-17H2,1-2H3. The van der Waals surface area contributed by atoms with Crippen LogP contribution in [0.2, 0.25) is 0 Å². The van der Waals surface area contributed by atoms with Crippen LogP contribution < -0.4 is 9.64 Å². The van der Waals surface area contributed by atoms with Crippen molar-refractivity contribution >= 4 is 18.3 Å². The van der Waals surface area contributed by atoms with Gasteiger partial charge >= 0.3 is 0 Å². The van der Waals surface area contributed by atoms with Crippen molar-refractivity contribution in [2.75, 3.05) is 63.6 Å². The molecule has 0 radical (unpaired) electrons. The number of ether oxygens (including phenoxy) is 1. The molecule has 2 aliphatic heterocycles. The van der Waals surface area contributed by atoms with Crippen molar-refractivity contribution in [1.29, 1.82) is 0 Å². The van der Waals surface area contributed by atoms with Gasteiger partial charge in [-0.25, -0.2) is 0 Å². The summed E-state index contributed by atoms with van der Waals surface area (Å²) in [5.74, 6) is 2.76. The third-order valence-electron chi connectivity index (χ3n) is 5.93. The molecule has 2 atom stereocenters. The molecule has 0 amide bonds. The van der Waals surface area contributed by atoms with Crippen molar-refractivity contribution in [3.8, 4) is 5.75 Å². The molecule has 0 spiro atoms. The largest absolute Gasteiger partial charge is 0.494 e. The van der Waals surface area contributed by atoms with Gasteiger partial charge in [0.25, 0.3) is 0 Å². The van der Waals surface area contributed by atoms with Crippen LogP contribution in [-0.4, -0.2) is 74.5 Å². The van der Waals surface area contributed by atoms with Gasteiger partial charge in [0.1, 0.15) is 5.75 Å². The summed E-state index contributed by atoms with van der Waals surface area (Å²) in [5.41, 5.74) is 1.31. The third-order valence-corrected chi connectivity index (χ3v) is 6.45. The second-order valence-corrected chi connectivity index (χ2v) is 8.32. The van der Waals surface area contributed by atoms with Gasteiger partial charge in [0.2, 0.25) is 0 Å². The first-order chi connectivity index (χ1) is 12.7. The van der Waals surface area contributed by atoms with E-state index in [0.29, 0.717) is 6.04 Å². The van der Waals surface area contributed by atoms with Crippen molar-refractivity contribution in [2.24, 2.45) is 5.92 Å². The Bertz CT molecular complexity index is 531. The van der Waals surface area contributed by atoms with Gasteiger partial charge in [0.15, 0.2) is 0 Å². The number of benzene rings is 1. The molecule has 0 bridgehead atoms. The molecular weight excluding hydrogens is 342 g/mol. The van der Waals surface area contributed by atoms with E-state index >= 15 is 0 Å². The van der Waals surface area contributed by atoms with Crippen molar-refractivity contribution in [1.82, 2.24) is 9.80 Å². The second kappa shape index (κ2) is 9.86. The molecule has 1 aromatic carbocycles. The van der Waals surface area contributed by atoms with Crippen LogP contribution in [0.3, 0.4) is 0 Å². The van der Waals surface area contributed by atoms with E-state index < -0.39 is 0 Å². The summed E-state index contributed by atoms with van der Waals surface area (Å²) in [6, 6.07) is 9.34. The van der Waals surface area contributed by atoms with Crippen LogP contribution in [0.4, 0.5) is 5.69 Å². The molecule has 26 heavy (non-hydrogen) atoms. The minimum absolute atomic E-state index is 0.703. The molecule has 1 aromatic rings. The first-order valence-corrected chi connectivity index (χ1v) is 10.8. The van der Waals surface area contributed by atoms with Gasteiger partial charge in [0.05, 0.1) is 6.61 Å². The van der Waals surface area contributed by atoms with Crippen LogP contribution in [-0.2, 0) is 0 Å². The van der Waals surface area contributed by atoms with E-state index in [9.17, 15) is 0 Å². The molecule has 0 saturated carbocycles. The summed E-state index contributed by atoms with van der Waals surface area (Å²) in [6.45, 7) is 9.98. The number of likely N-dealkylation sites (tertiary alicyclic amines) is 1. The summed E-state index contributed by atoms with van der Waals surface area (Å²) >= 11 is 4.48. The minimum Gasteiger partial charge on any atom is -0.494 e. The quantitative estimate of drug-likeness (QED) is 0.581. The average Bonchev–Trinajstić information content (AvgIpc) is 2.68. The molecule has 0 aliphatic carbocycles. The van der Waals surface area contributed by atoms with Gasteiger partial charge < -0.3 is 19.4 Å². The summed E-state index contributed by atoms with van der Waals surface area (Å²) in [5, 5.41) is 0. The molecule has 3 rings (SSSR count). The van der Waals surface area contributed by atoms with Gasteiger partial charge in [-0.1, -0.05) is 0 Å². The maximum absolute atomic E-state index is 5.98. The highest BCUT2D eigenvalue weighted by atomic mass is 32.1. The summed E-state index contributed by atoms with van der Waals surface area (Å²) in [4.78, 5) is 7.46. The van der Waals surface area contributed by atoms with Crippen LogP contribution in [0.25, 0.3) is 0 Å². The fraction of sp³-hybridized carbons (Fsp3) is 0.714. The van der Waals surface area contributed by atoms with Gasteiger partial charge in [-0.2, -0.15) is 12.6 Å². The topological polar surface area (TPSA) is 19.0 Å². The Kier molecular flexibility index (Phi) is 7.52. The number of rotatable bonds is 7. The molecular formula is C21H35N3OS. The Hall–Kier alpha value is -0.910. The van der Waals surface area contributed by atoms with E-state index in [0.717, 1.165) is 63.2 Å². The molecule has 2 aliphatic rings. The highest BCUT2D eigenvalue weighted by Crippen LogP contribution is 2.23. The Morgan fingerprint density at radius 1 is 1.08 bits per heavy atom. The first-order valence-electron chi connectivity index (χ1n) is 10.2. The van der Waals surface area contributed by atoms with Crippen LogP contribution in [0.5, 0.6) is 5.75 Å². The molecule has 2 saturated heterocycles. The lowest BCUT2D eigenvalue weighted by Crippen LogP contribution is -2.44. The zero-order valence-corrected chi connectivity index (χ0v) is 17.3. The van der Waals surface area contributed by atoms with E-state index in [1.54, 1.807) is 0 Å². The summed E-state index contributed by atoms with van der Waals surface area (Å²) < 4.78 is 5.98. The summed E-state index contributed by atoms with van der Waals surface area (Å²) in [7, 11) is 2.19. The van der Waals surface area contributed by atoms with Crippen molar-refractivity contribution in [2.45, 2.75) is 32.2 Å². The first kappa shape index (κ1) is 19.8. The maximum atomic E-state index is 5.98. The second-order valence-electron chi connectivity index (χ2n) is 7.96. The third kappa shape index (κ3) is 5.54. The zero-order chi connectivity index (χ0) is 18.4. The number of thiol groups is 1. The van der Waals surface area contributed by atoms with Crippen molar-refractivity contribution in [3.05, 3.63) is 24.3 Å². The van der Waals surface area contributed by atoms with E-state index in [1.807, 2.05) is 0 Å². The number of piperidine rings is 1. The van der Waals surface area contributed by atoms with Crippen LogP contribution in [0.15, 0.2) is 24.3 Å². The predicted octanol–water partition coefficient (Wildman–Crippen LogP) is 3.24. The van der Waals surface area contributed by atoms with Gasteiger partial charge in [-0.15, -0.1) is 0 Å². The Morgan fingerprint density at radius 2 is 1.81 bits per heavy atom. The predicted molar refractivity (Wildman–Crippen MR) is 114 cm³/mol. The fourth-order valence-electron chi connectivity index (χ4n) is 4.00. The number of hydrogen-bond acceptors (Lipinski definition) is 5. The number of hydrogen-bond donors (Lipinski definition) is 1. The van der Waals surface area contributed by atoms with Gasteiger partial charge in [-0.05, 0) is 69.2 Å². The molecule has 2 unspecified atom stereocenters. The van der Waals surface area contributed by atoms with E-state index in [2.05, 4.69) is 65.6 Å². The Morgan fingerprint density at radius 3 is 2.50 bits per heavy atom. The maximum Gasteiger partial charge on any atom is 0.119 e. The minimum atomic E-state index is 0.703.